The highest BCUT2D eigenvalue weighted by Gasteiger charge is 2.24. The molecule has 0 aliphatic heterocycles. The maximum Gasteiger partial charge on any atom is 0.355 e. The predicted molar refractivity (Wildman–Crippen MR) is 109 cm³/mol. The SMILES string of the molecule is O=C(NNc1ncnc(Nc2ccc(Cl)cn2)c1[N+](=O)[O-])c1ccc(Cl)cc1Cl. The second-order valence-corrected chi connectivity index (χ2v) is 6.65. The topological polar surface area (TPSA) is 135 Å². The van der Waals surface area contributed by atoms with Crippen LogP contribution in [0.2, 0.25) is 15.1 Å². The van der Waals surface area contributed by atoms with Gasteiger partial charge in [0.1, 0.15) is 12.1 Å². The number of anilines is 3. The Morgan fingerprint density at radius 2 is 1.72 bits per heavy atom. The van der Waals surface area contributed by atoms with Crippen molar-refractivity contribution in [1.29, 1.82) is 0 Å². The lowest BCUT2D eigenvalue weighted by Crippen LogP contribution is -2.30. The van der Waals surface area contributed by atoms with Crippen molar-refractivity contribution >= 4 is 63.9 Å². The lowest BCUT2D eigenvalue weighted by Gasteiger charge is -2.11. The van der Waals surface area contributed by atoms with Gasteiger partial charge in [0.25, 0.3) is 5.91 Å². The Morgan fingerprint density at radius 1 is 1.00 bits per heavy atom. The van der Waals surface area contributed by atoms with Gasteiger partial charge in [0.15, 0.2) is 0 Å². The van der Waals surface area contributed by atoms with E-state index in [9.17, 15) is 14.9 Å². The van der Waals surface area contributed by atoms with Crippen molar-refractivity contribution < 1.29 is 9.72 Å². The molecular weight excluding hydrogens is 445 g/mol. The molecule has 0 saturated heterocycles. The summed E-state index contributed by atoms with van der Waals surface area (Å²) in [6, 6.07) is 7.36. The van der Waals surface area contributed by atoms with E-state index in [-0.39, 0.29) is 28.0 Å². The van der Waals surface area contributed by atoms with Gasteiger partial charge in [-0.3, -0.25) is 25.8 Å². The number of hydrogen-bond acceptors (Lipinski definition) is 8. The highest BCUT2D eigenvalue weighted by molar-refractivity contribution is 6.36. The Kier molecular flexibility index (Phi) is 6.27. The molecule has 1 amide bonds. The van der Waals surface area contributed by atoms with Gasteiger partial charge in [0.05, 0.1) is 20.5 Å². The average Bonchev–Trinajstić information content (AvgIpc) is 2.67. The van der Waals surface area contributed by atoms with Crippen molar-refractivity contribution in [1.82, 2.24) is 20.4 Å². The first-order chi connectivity index (χ1) is 13.8. The first-order valence-electron chi connectivity index (χ1n) is 7.74. The fourth-order valence-corrected chi connectivity index (χ4v) is 2.77. The molecule has 29 heavy (non-hydrogen) atoms. The molecule has 3 N–H and O–H groups in total. The van der Waals surface area contributed by atoms with E-state index in [1.807, 2.05) is 0 Å². The maximum atomic E-state index is 12.3. The average molecular weight is 455 g/mol. The largest absolute Gasteiger partial charge is 0.355 e. The molecule has 0 fully saturated rings. The third-order valence-corrected chi connectivity index (χ3v) is 4.22. The number of carbonyl (C=O) groups is 1. The van der Waals surface area contributed by atoms with Crippen LogP contribution in [0, 0.1) is 10.1 Å². The molecule has 2 heterocycles. The molecule has 0 saturated carbocycles. The normalized spacial score (nSPS) is 10.3. The fourth-order valence-electron chi connectivity index (χ4n) is 2.16. The summed E-state index contributed by atoms with van der Waals surface area (Å²) in [5.41, 5.74) is 4.31. The maximum absolute atomic E-state index is 12.3. The molecule has 3 aromatic rings. The van der Waals surface area contributed by atoms with E-state index in [0.717, 1.165) is 6.33 Å². The summed E-state index contributed by atoms with van der Waals surface area (Å²) in [7, 11) is 0. The van der Waals surface area contributed by atoms with Crippen LogP contribution in [0.5, 0.6) is 0 Å². The number of amides is 1. The Balaban J connectivity index is 1.82. The Hall–Kier alpha value is -3.21. The number of carbonyl (C=O) groups excluding carboxylic acids is 1. The number of nitrogens with zero attached hydrogens (tertiary/aromatic N) is 4. The molecule has 2 aromatic heterocycles. The molecule has 0 unspecified atom stereocenters. The van der Waals surface area contributed by atoms with E-state index in [0.29, 0.717) is 10.0 Å². The molecule has 0 aliphatic rings. The van der Waals surface area contributed by atoms with Gasteiger partial charge in [0, 0.05) is 11.2 Å². The van der Waals surface area contributed by atoms with Gasteiger partial charge in [-0.25, -0.2) is 15.0 Å². The summed E-state index contributed by atoms with van der Waals surface area (Å²) >= 11 is 17.6. The van der Waals surface area contributed by atoms with Gasteiger partial charge in [-0.1, -0.05) is 34.8 Å². The quantitative estimate of drug-likeness (QED) is 0.372. The van der Waals surface area contributed by atoms with Crippen LogP contribution in [0.4, 0.5) is 23.1 Å². The zero-order chi connectivity index (χ0) is 21.0. The Labute approximate surface area is 178 Å². The minimum absolute atomic E-state index is 0.115. The molecule has 0 bridgehead atoms. The van der Waals surface area contributed by atoms with Crippen LogP contribution < -0.4 is 16.2 Å². The highest BCUT2D eigenvalue weighted by atomic mass is 35.5. The summed E-state index contributed by atoms with van der Waals surface area (Å²) in [5, 5.41) is 15.1. The number of nitro groups is 1. The molecule has 13 heteroatoms. The van der Waals surface area contributed by atoms with Crippen molar-refractivity contribution in [2.24, 2.45) is 0 Å². The van der Waals surface area contributed by atoms with Crippen LogP contribution in [0.25, 0.3) is 0 Å². The molecule has 10 nitrogen and oxygen atoms in total. The van der Waals surface area contributed by atoms with Gasteiger partial charge >= 0.3 is 5.69 Å². The van der Waals surface area contributed by atoms with Gasteiger partial charge in [-0.05, 0) is 30.3 Å². The first-order valence-corrected chi connectivity index (χ1v) is 8.88. The highest BCUT2D eigenvalue weighted by Crippen LogP contribution is 2.30. The number of halogens is 3. The Bertz CT molecular complexity index is 1080. The summed E-state index contributed by atoms with van der Waals surface area (Å²) in [4.78, 5) is 34.8. The molecule has 0 spiro atoms. The number of hydrogen-bond donors (Lipinski definition) is 3. The second-order valence-electron chi connectivity index (χ2n) is 5.37. The lowest BCUT2D eigenvalue weighted by atomic mass is 10.2. The van der Waals surface area contributed by atoms with Gasteiger partial charge in [-0.2, -0.15) is 0 Å². The monoisotopic (exact) mass is 453 g/mol. The molecule has 3 rings (SSSR count). The molecule has 0 radical (unpaired) electrons. The number of aromatic nitrogens is 3. The van der Waals surface area contributed by atoms with Crippen molar-refractivity contribution in [3.05, 3.63) is 73.6 Å². The van der Waals surface area contributed by atoms with E-state index in [2.05, 4.69) is 31.1 Å². The smallest absolute Gasteiger partial charge is 0.319 e. The summed E-state index contributed by atoms with van der Waals surface area (Å²) < 4.78 is 0. The zero-order valence-electron chi connectivity index (χ0n) is 14.2. The van der Waals surface area contributed by atoms with E-state index < -0.39 is 16.5 Å². The van der Waals surface area contributed by atoms with Crippen molar-refractivity contribution in [3.63, 3.8) is 0 Å². The first kappa shape index (κ1) is 20.5. The summed E-state index contributed by atoms with van der Waals surface area (Å²) in [5.74, 6) is -0.756. The van der Waals surface area contributed by atoms with E-state index >= 15 is 0 Å². The number of pyridine rings is 1. The van der Waals surface area contributed by atoms with Gasteiger partial charge in [-0.15, -0.1) is 0 Å². The van der Waals surface area contributed by atoms with Gasteiger partial charge < -0.3 is 5.32 Å². The molecule has 1 aromatic carbocycles. The lowest BCUT2D eigenvalue weighted by molar-refractivity contribution is -0.383. The Morgan fingerprint density at radius 3 is 2.38 bits per heavy atom. The van der Waals surface area contributed by atoms with Crippen LogP contribution in [0.15, 0.2) is 42.9 Å². The van der Waals surface area contributed by atoms with Crippen LogP contribution in [0.3, 0.4) is 0 Å². The molecule has 148 valence electrons. The van der Waals surface area contributed by atoms with Crippen molar-refractivity contribution in [2.45, 2.75) is 0 Å². The molecule has 0 atom stereocenters. The third-order valence-electron chi connectivity index (χ3n) is 3.45. The number of rotatable bonds is 6. The number of benzene rings is 1. The summed E-state index contributed by atoms with van der Waals surface area (Å²) in [6.45, 7) is 0. The van der Waals surface area contributed by atoms with Crippen molar-refractivity contribution in [2.75, 3.05) is 10.7 Å². The summed E-state index contributed by atoms with van der Waals surface area (Å²) in [6.07, 6.45) is 2.45. The van der Waals surface area contributed by atoms with E-state index in [4.69, 9.17) is 34.8 Å². The molecule has 0 aliphatic carbocycles. The van der Waals surface area contributed by atoms with Gasteiger partial charge in [0.2, 0.25) is 11.6 Å². The van der Waals surface area contributed by atoms with E-state index in [1.54, 1.807) is 6.07 Å². The van der Waals surface area contributed by atoms with Crippen LogP contribution in [-0.4, -0.2) is 25.8 Å². The van der Waals surface area contributed by atoms with Crippen molar-refractivity contribution in [3.8, 4) is 0 Å². The zero-order valence-corrected chi connectivity index (χ0v) is 16.5. The second kappa shape index (κ2) is 8.86. The standard InChI is InChI=1S/C16H10Cl3N7O3/c17-8-1-3-10(11(19)5-8)16(27)25-24-15-13(26(28)29)14(21-7-22-15)23-12-4-2-9(18)6-20-12/h1-7H,(H,25,27)(H2,20,21,22,23,24). The predicted octanol–water partition coefficient (Wildman–Crippen LogP) is 4.24. The van der Waals surface area contributed by atoms with E-state index in [1.165, 1.54) is 30.5 Å². The number of hydrazine groups is 1. The minimum Gasteiger partial charge on any atom is -0.319 e. The molecular formula is C16H10Cl3N7O3. The number of nitrogens with one attached hydrogen (secondary N) is 3. The van der Waals surface area contributed by atoms with Crippen LogP contribution in [-0.2, 0) is 0 Å². The van der Waals surface area contributed by atoms with Crippen LogP contribution in [0.1, 0.15) is 10.4 Å². The third kappa shape index (κ3) is 4.99. The van der Waals surface area contributed by atoms with Crippen LogP contribution >= 0.6 is 34.8 Å². The minimum atomic E-state index is -0.706. The fraction of sp³-hybridized carbons (Fsp3) is 0.